The summed E-state index contributed by atoms with van der Waals surface area (Å²) in [6.45, 7) is 0.0321. The van der Waals surface area contributed by atoms with Crippen molar-refractivity contribution in [2.24, 2.45) is 5.73 Å². The standard InChI is InChI=1S/C16H10Cl2F3NO/c17-9-2-3-10(12(18)6-9)15-11-5-8(16(19,20)21)1-4-13(11)23-14(15)7-22/h1-6H,7,22H2. The second-order valence-electron chi connectivity index (χ2n) is 4.94. The van der Waals surface area contributed by atoms with E-state index >= 15 is 0 Å². The van der Waals surface area contributed by atoms with E-state index in [4.69, 9.17) is 33.4 Å². The minimum atomic E-state index is -4.45. The molecule has 3 aromatic rings. The molecule has 0 bridgehead atoms. The van der Waals surface area contributed by atoms with Crippen molar-refractivity contribution in [3.05, 3.63) is 57.8 Å². The highest BCUT2D eigenvalue weighted by atomic mass is 35.5. The average molecular weight is 360 g/mol. The second kappa shape index (κ2) is 5.74. The van der Waals surface area contributed by atoms with Crippen LogP contribution in [0, 0.1) is 0 Å². The lowest BCUT2D eigenvalue weighted by molar-refractivity contribution is -0.137. The molecule has 23 heavy (non-hydrogen) atoms. The fourth-order valence-electron chi connectivity index (χ4n) is 2.46. The zero-order valence-corrected chi connectivity index (χ0v) is 13.1. The van der Waals surface area contributed by atoms with Gasteiger partial charge in [0.15, 0.2) is 0 Å². The van der Waals surface area contributed by atoms with Gasteiger partial charge < -0.3 is 10.2 Å². The first-order valence-electron chi connectivity index (χ1n) is 6.59. The van der Waals surface area contributed by atoms with Gasteiger partial charge in [0.25, 0.3) is 0 Å². The predicted molar refractivity (Wildman–Crippen MR) is 84.6 cm³/mol. The Hall–Kier alpha value is -1.69. The Morgan fingerprint density at radius 2 is 1.78 bits per heavy atom. The van der Waals surface area contributed by atoms with Crippen LogP contribution in [0.15, 0.2) is 40.8 Å². The molecule has 0 aliphatic carbocycles. The van der Waals surface area contributed by atoms with E-state index in [-0.39, 0.29) is 6.54 Å². The van der Waals surface area contributed by atoms with E-state index in [1.807, 2.05) is 0 Å². The number of rotatable bonds is 2. The number of furan rings is 1. The van der Waals surface area contributed by atoms with Crippen LogP contribution in [0.25, 0.3) is 22.1 Å². The maximum absolute atomic E-state index is 13.0. The van der Waals surface area contributed by atoms with Crippen LogP contribution in [0.2, 0.25) is 10.0 Å². The first-order chi connectivity index (χ1) is 10.8. The molecular weight excluding hydrogens is 350 g/mol. The lowest BCUT2D eigenvalue weighted by Crippen LogP contribution is -2.04. The van der Waals surface area contributed by atoms with E-state index in [0.29, 0.717) is 37.9 Å². The van der Waals surface area contributed by atoms with Crippen LogP contribution in [-0.4, -0.2) is 0 Å². The van der Waals surface area contributed by atoms with Crippen molar-refractivity contribution in [2.45, 2.75) is 12.7 Å². The Labute approximate surface area is 139 Å². The topological polar surface area (TPSA) is 39.2 Å². The molecule has 1 heterocycles. The summed E-state index contributed by atoms with van der Waals surface area (Å²) in [6.07, 6.45) is -4.45. The molecule has 0 saturated heterocycles. The fourth-order valence-corrected chi connectivity index (χ4v) is 2.96. The number of hydrogen-bond donors (Lipinski definition) is 1. The van der Waals surface area contributed by atoms with Crippen molar-refractivity contribution < 1.29 is 17.6 Å². The molecule has 2 aromatic carbocycles. The van der Waals surface area contributed by atoms with E-state index in [1.54, 1.807) is 12.1 Å². The normalized spacial score (nSPS) is 12.1. The molecule has 3 rings (SSSR count). The largest absolute Gasteiger partial charge is 0.459 e. The van der Waals surface area contributed by atoms with Crippen LogP contribution in [-0.2, 0) is 12.7 Å². The van der Waals surface area contributed by atoms with Gasteiger partial charge in [0.2, 0.25) is 0 Å². The monoisotopic (exact) mass is 359 g/mol. The highest BCUT2D eigenvalue weighted by molar-refractivity contribution is 6.36. The van der Waals surface area contributed by atoms with Gasteiger partial charge in [-0.25, -0.2) is 0 Å². The summed E-state index contributed by atoms with van der Waals surface area (Å²) in [6, 6.07) is 8.05. The fraction of sp³-hybridized carbons (Fsp3) is 0.125. The third-order valence-electron chi connectivity index (χ3n) is 3.47. The van der Waals surface area contributed by atoms with Crippen molar-refractivity contribution in [1.29, 1.82) is 0 Å². The lowest BCUT2D eigenvalue weighted by Gasteiger charge is -2.08. The van der Waals surface area contributed by atoms with Gasteiger partial charge in [-0.3, -0.25) is 0 Å². The van der Waals surface area contributed by atoms with E-state index in [0.717, 1.165) is 12.1 Å². The van der Waals surface area contributed by atoms with Crippen molar-refractivity contribution in [2.75, 3.05) is 0 Å². The van der Waals surface area contributed by atoms with Gasteiger partial charge >= 0.3 is 6.18 Å². The molecule has 0 amide bonds. The first kappa shape index (κ1) is 16.2. The molecule has 7 heteroatoms. The number of fused-ring (bicyclic) bond motifs is 1. The summed E-state index contributed by atoms with van der Waals surface area (Å²) in [5, 5.41) is 1.05. The summed E-state index contributed by atoms with van der Waals surface area (Å²) in [7, 11) is 0. The van der Waals surface area contributed by atoms with Gasteiger partial charge in [0.05, 0.1) is 17.1 Å². The smallest absolute Gasteiger partial charge is 0.416 e. The van der Waals surface area contributed by atoms with E-state index in [1.165, 1.54) is 12.1 Å². The molecule has 2 N–H and O–H groups in total. The SMILES string of the molecule is NCc1oc2ccc(C(F)(F)F)cc2c1-c1ccc(Cl)cc1Cl. The molecule has 0 unspecified atom stereocenters. The Kier molecular flexibility index (Phi) is 4.04. The number of halogens is 5. The van der Waals surface area contributed by atoms with Crippen LogP contribution < -0.4 is 5.73 Å². The Bertz CT molecular complexity index is 887. The van der Waals surface area contributed by atoms with Crippen LogP contribution >= 0.6 is 23.2 Å². The van der Waals surface area contributed by atoms with Crippen molar-refractivity contribution in [1.82, 2.24) is 0 Å². The van der Waals surface area contributed by atoms with Crippen molar-refractivity contribution in [3.63, 3.8) is 0 Å². The van der Waals surface area contributed by atoms with Crippen LogP contribution in [0.1, 0.15) is 11.3 Å². The van der Waals surface area contributed by atoms with Crippen LogP contribution in [0.5, 0.6) is 0 Å². The predicted octanol–water partition coefficient (Wildman–Crippen LogP) is 5.88. The van der Waals surface area contributed by atoms with E-state index < -0.39 is 11.7 Å². The third-order valence-corrected chi connectivity index (χ3v) is 4.02. The molecular formula is C16H10Cl2F3NO. The third kappa shape index (κ3) is 2.92. The van der Waals surface area contributed by atoms with Crippen molar-refractivity contribution >= 4 is 34.2 Å². The molecule has 2 nitrogen and oxygen atoms in total. The molecule has 0 atom stereocenters. The first-order valence-corrected chi connectivity index (χ1v) is 7.35. The molecule has 0 aliphatic heterocycles. The van der Waals surface area contributed by atoms with Gasteiger partial charge in [-0.2, -0.15) is 13.2 Å². The molecule has 0 radical (unpaired) electrons. The number of alkyl halides is 3. The lowest BCUT2D eigenvalue weighted by atomic mass is 10.00. The molecule has 1 aromatic heterocycles. The van der Waals surface area contributed by atoms with Gasteiger partial charge in [-0.05, 0) is 30.3 Å². The minimum Gasteiger partial charge on any atom is -0.459 e. The molecule has 0 saturated carbocycles. The summed E-state index contributed by atoms with van der Waals surface area (Å²) < 4.78 is 44.5. The quantitative estimate of drug-likeness (QED) is 0.619. The minimum absolute atomic E-state index is 0.0321. The summed E-state index contributed by atoms with van der Waals surface area (Å²) in [5.74, 6) is 0.364. The second-order valence-corrected chi connectivity index (χ2v) is 5.78. The molecule has 0 fully saturated rings. The number of hydrogen-bond acceptors (Lipinski definition) is 2. The van der Waals surface area contributed by atoms with Gasteiger partial charge in [0.1, 0.15) is 11.3 Å². The zero-order valence-electron chi connectivity index (χ0n) is 11.5. The Morgan fingerprint density at radius 3 is 2.39 bits per heavy atom. The molecule has 0 spiro atoms. The van der Waals surface area contributed by atoms with Gasteiger partial charge in [-0.1, -0.05) is 29.3 Å². The Morgan fingerprint density at radius 1 is 1.04 bits per heavy atom. The molecule has 0 aliphatic rings. The number of benzene rings is 2. The zero-order chi connectivity index (χ0) is 16.8. The summed E-state index contributed by atoms with van der Waals surface area (Å²) >= 11 is 12.1. The maximum atomic E-state index is 13.0. The maximum Gasteiger partial charge on any atom is 0.416 e. The highest BCUT2D eigenvalue weighted by Gasteiger charge is 2.31. The number of nitrogens with two attached hydrogens (primary N) is 1. The van der Waals surface area contributed by atoms with Gasteiger partial charge in [-0.15, -0.1) is 0 Å². The van der Waals surface area contributed by atoms with E-state index in [2.05, 4.69) is 0 Å². The highest BCUT2D eigenvalue weighted by Crippen LogP contribution is 2.41. The van der Waals surface area contributed by atoms with Crippen LogP contribution in [0.3, 0.4) is 0 Å². The Balaban J connectivity index is 2.33. The van der Waals surface area contributed by atoms with E-state index in [9.17, 15) is 13.2 Å². The van der Waals surface area contributed by atoms with Crippen LogP contribution in [0.4, 0.5) is 13.2 Å². The average Bonchev–Trinajstić information content (AvgIpc) is 2.84. The summed E-state index contributed by atoms with van der Waals surface area (Å²) in [4.78, 5) is 0. The van der Waals surface area contributed by atoms with Crippen molar-refractivity contribution in [3.8, 4) is 11.1 Å². The van der Waals surface area contributed by atoms with Gasteiger partial charge in [0, 0.05) is 21.5 Å². The summed E-state index contributed by atoms with van der Waals surface area (Å²) in [5.41, 5.74) is 6.20. The molecule has 120 valence electrons.